The van der Waals surface area contributed by atoms with E-state index in [1.807, 2.05) is 38.1 Å². The van der Waals surface area contributed by atoms with E-state index >= 15 is 0 Å². The molecule has 0 saturated carbocycles. The van der Waals surface area contributed by atoms with Gasteiger partial charge in [-0.3, -0.25) is 0 Å². The summed E-state index contributed by atoms with van der Waals surface area (Å²) >= 11 is 0. The predicted molar refractivity (Wildman–Crippen MR) is 60.7 cm³/mol. The van der Waals surface area contributed by atoms with E-state index in [0.29, 0.717) is 12.3 Å². The maximum absolute atomic E-state index is 8.65. The normalized spacial score (nSPS) is 10.1. The van der Waals surface area contributed by atoms with E-state index in [-0.39, 0.29) is 0 Å². The number of rotatable bonds is 2. The highest BCUT2D eigenvalue weighted by Crippen LogP contribution is 2.24. The molecule has 0 N–H and O–H groups in total. The number of aromatic nitrogens is 1. The first-order chi connectivity index (χ1) is 7.72. The summed E-state index contributed by atoms with van der Waals surface area (Å²) in [4.78, 5) is 4.34. The Morgan fingerprint density at radius 2 is 2.06 bits per heavy atom. The summed E-state index contributed by atoms with van der Waals surface area (Å²) in [5.74, 6) is 1.32. The van der Waals surface area contributed by atoms with Crippen LogP contribution in [0.2, 0.25) is 0 Å². The molecule has 3 heteroatoms. The third kappa shape index (κ3) is 1.82. The van der Waals surface area contributed by atoms with E-state index in [2.05, 4.69) is 11.1 Å². The molecule has 1 aromatic carbocycles. The van der Waals surface area contributed by atoms with E-state index in [4.69, 9.17) is 9.68 Å². The van der Waals surface area contributed by atoms with Crippen LogP contribution in [0.5, 0.6) is 0 Å². The minimum Gasteiger partial charge on any atom is -0.441 e. The van der Waals surface area contributed by atoms with Crippen molar-refractivity contribution >= 4 is 0 Å². The van der Waals surface area contributed by atoms with Gasteiger partial charge in [-0.15, -0.1) is 0 Å². The average molecular weight is 212 g/mol. The van der Waals surface area contributed by atoms with Gasteiger partial charge in [0.1, 0.15) is 5.76 Å². The first-order valence-electron chi connectivity index (χ1n) is 5.11. The molecule has 0 atom stereocenters. The number of benzene rings is 1. The Kier molecular flexibility index (Phi) is 2.74. The second-order valence-corrected chi connectivity index (χ2v) is 3.67. The monoisotopic (exact) mass is 212 g/mol. The Bertz CT molecular complexity index is 549. The fourth-order valence-corrected chi connectivity index (χ4v) is 1.59. The predicted octanol–water partition coefficient (Wildman–Crippen LogP) is 3.02. The lowest BCUT2D eigenvalue weighted by molar-refractivity contribution is 0.540. The summed E-state index contributed by atoms with van der Waals surface area (Å²) in [7, 11) is 0. The molecule has 80 valence electrons. The van der Waals surface area contributed by atoms with E-state index in [0.717, 1.165) is 22.6 Å². The highest BCUT2D eigenvalue weighted by molar-refractivity contribution is 5.58. The van der Waals surface area contributed by atoms with Crippen LogP contribution in [0.4, 0.5) is 0 Å². The van der Waals surface area contributed by atoms with Crippen molar-refractivity contribution in [3.63, 3.8) is 0 Å². The lowest BCUT2D eigenvalue weighted by atomic mass is 10.1. The lowest BCUT2D eigenvalue weighted by Crippen LogP contribution is -1.85. The van der Waals surface area contributed by atoms with Crippen molar-refractivity contribution in [1.29, 1.82) is 5.26 Å². The van der Waals surface area contributed by atoms with Gasteiger partial charge < -0.3 is 4.42 Å². The molecule has 1 heterocycles. The van der Waals surface area contributed by atoms with Crippen LogP contribution in [-0.4, -0.2) is 4.98 Å². The van der Waals surface area contributed by atoms with Crippen molar-refractivity contribution in [2.24, 2.45) is 0 Å². The Morgan fingerprint density at radius 1 is 1.31 bits per heavy atom. The van der Waals surface area contributed by atoms with Gasteiger partial charge in [0.2, 0.25) is 5.89 Å². The number of hydrogen-bond donors (Lipinski definition) is 0. The Balaban J connectivity index is 2.46. The topological polar surface area (TPSA) is 49.8 Å². The Morgan fingerprint density at radius 3 is 2.75 bits per heavy atom. The molecular weight excluding hydrogens is 200 g/mol. The SMILES string of the molecule is Cc1ccccc1-c1nc(CC#N)c(C)o1. The Hall–Kier alpha value is -2.08. The van der Waals surface area contributed by atoms with Crippen molar-refractivity contribution in [1.82, 2.24) is 4.98 Å². The molecular formula is C13H12N2O. The van der Waals surface area contributed by atoms with Gasteiger partial charge >= 0.3 is 0 Å². The molecule has 3 nitrogen and oxygen atoms in total. The quantitative estimate of drug-likeness (QED) is 0.768. The molecule has 0 radical (unpaired) electrons. The summed E-state index contributed by atoms with van der Waals surface area (Å²) in [5, 5.41) is 8.65. The number of aryl methyl sites for hydroxylation is 2. The van der Waals surface area contributed by atoms with Gasteiger partial charge in [-0.2, -0.15) is 5.26 Å². The molecule has 0 aliphatic heterocycles. The number of nitrogens with zero attached hydrogens (tertiary/aromatic N) is 2. The standard InChI is InChI=1S/C13H12N2O/c1-9-5-3-4-6-11(9)13-15-12(7-8-14)10(2)16-13/h3-6H,7H2,1-2H3. The van der Waals surface area contributed by atoms with Gasteiger partial charge in [0.15, 0.2) is 0 Å². The maximum atomic E-state index is 8.65. The molecule has 2 aromatic rings. The van der Waals surface area contributed by atoms with Gasteiger partial charge in [0.25, 0.3) is 0 Å². The van der Waals surface area contributed by atoms with Crippen LogP contribution >= 0.6 is 0 Å². The van der Waals surface area contributed by atoms with E-state index < -0.39 is 0 Å². The molecule has 0 aliphatic rings. The summed E-state index contributed by atoms with van der Waals surface area (Å²) in [6, 6.07) is 9.99. The molecule has 16 heavy (non-hydrogen) atoms. The molecule has 0 saturated heterocycles. The minimum absolute atomic E-state index is 0.293. The second kappa shape index (κ2) is 4.19. The third-order valence-electron chi connectivity index (χ3n) is 2.51. The zero-order valence-corrected chi connectivity index (χ0v) is 9.32. The molecule has 0 spiro atoms. The molecule has 0 aliphatic carbocycles. The van der Waals surface area contributed by atoms with Crippen molar-refractivity contribution in [2.75, 3.05) is 0 Å². The lowest BCUT2D eigenvalue weighted by Gasteiger charge is -1.98. The van der Waals surface area contributed by atoms with Gasteiger partial charge in [-0.25, -0.2) is 4.98 Å². The van der Waals surface area contributed by atoms with Gasteiger partial charge in [0, 0.05) is 5.56 Å². The van der Waals surface area contributed by atoms with Crippen molar-refractivity contribution in [3.05, 3.63) is 41.3 Å². The zero-order valence-electron chi connectivity index (χ0n) is 9.32. The van der Waals surface area contributed by atoms with Crippen LogP contribution in [0.25, 0.3) is 11.5 Å². The molecule has 0 unspecified atom stereocenters. The molecule has 1 aromatic heterocycles. The summed E-state index contributed by atoms with van der Waals surface area (Å²) < 4.78 is 5.57. The van der Waals surface area contributed by atoms with Crippen LogP contribution in [0.15, 0.2) is 28.7 Å². The number of oxazole rings is 1. The van der Waals surface area contributed by atoms with Crippen LogP contribution in [0.1, 0.15) is 17.0 Å². The smallest absolute Gasteiger partial charge is 0.226 e. The minimum atomic E-state index is 0.293. The molecule has 0 fully saturated rings. The third-order valence-corrected chi connectivity index (χ3v) is 2.51. The number of hydrogen-bond acceptors (Lipinski definition) is 3. The zero-order chi connectivity index (χ0) is 11.5. The highest BCUT2D eigenvalue weighted by Gasteiger charge is 2.12. The van der Waals surface area contributed by atoms with Crippen molar-refractivity contribution in [3.8, 4) is 17.5 Å². The second-order valence-electron chi connectivity index (χ2n) is 3.67. The van der Waals surface area contributed by atoms with Gasteiger partial charge in [-0.05, 0) is 25.5 Å². The summed E-state index contributed by atoms with van der Waals surface area (Å²) in [5.41, 5.74) is 2.82. The van der Waals surface area contributed by atoms with Gasteiger partial charge in [-0.1, -0.05) is 18.2 Å². The number of nitriles is 1. The first-order valence-corrected chi connectivity index (χ1v) is 5.11. The summed E-state index contributed by atoms with van der Waals surface area (Å²) in [6.45, 7) is 3.85. The van der Waals surface area contributed by atoms with Crippen molar-refractivity contribution < 1.29 is 4.42 Å². The largest absolute Gasteiger partial charge is 0.441 e. The molecule has 2 rings (SSSR count). The van der Waals surface area contributed by atoms with Crippen molar-refractivity contribution in [2.45, 2.75) is 20.3 Å². The van der Waals surface area contributed by atoms with E-state index in [1.54, 1.807) is 0 Å². The van der Waals surface area contributed by atoms with Crippen LogP contribution in [0, 0.1) is 25.2 Å². The van der Waals surface area contributed by atoms with E-state index in [9.17, 15) is 0 Å². The van der Waals surface area contributed by atoms with Crippen LogP contribution in [-0.2, 0) is 6.42 Å². The first kappa shape index (κ1) is 10.4. The fourth-order valence-electron chi connectivity index (χ4n) is 1.59. The fraction of sp³-hybridized carbons (Fsp3) is 0.231. The summed E-state index contributed by atoms with van der Waals surface area (Å²) in [6.07, 6.45) is 0.293. The van der Waals surface area contributed by atoms with E-state index in [1.165, 1.54) is 0 Å². The average Bonchev–Trinajstić information content (AvgIpc) is 2.61. The molecule has 0 amide bonds. The highest BCUT2D eigenvalue weighted by atomic mass is 16.4. The van der Waals surface area contributed by atoms with Gasteiger partial charge in [0.05, 0.1) is 18.2 Å². The maximum Gasteiger partial charge on any atom is 0.226 e. The van der Waals surface area contributed by atoms with Crippen LogP contribution < -0.4 is 0 Å². The molecule has 0 bridgehead atoms. The Labute approximate surface area is 94.4 Å². The van der Waals surface area contributed by atoms with Crippen LogP contribution in [0.3, 0.4) is 0 Å².